The zero-order valence-corrected chi connectivity index (χ0v) is 14.1. The van der Waals surface area contributed by atoms with Gasteiger partial charge in [-0.2, -0.15) is 0 Å². The lowest BCUT2D eigenvalue weighted by atomic mass is 10.1. The molecule has 0 spiro atoms. The van der Waals surface area contributed by atoms with Crippen LogP contribution in [0.1, 0.15) is 15.9 Å². The number of carbonyl (C=O) groups excluding carboxylic acids is 2. The van der Waals surface area contributed by atoms with Crippen molar-refractivity contribution in [3.63, 3.8) is 0 Å². The molecule has 0 saturated carbocycles. The van der Waals surface area contributed by atoms with Gasteiger partial charge in [-0.05, 0) is 42.3 Å². The van der Waals surface area contributed by atoms with Crippen LogP contribution >= 0.6 is 11.6 Å². The molecule has 24 heavy (non-hydrogen) atoms. The van der Waals surface area contributed by atoms with Crippen molar-refractivity contribution in [3.05, 3.63) is 64.7 Å². The van der Waals surface area contributed by atoms with Gasteiger partial charge in [-0.1, -0.05) is 29.8 Å². The Morgan fingerprint density at radius 2 is 1.88 bits per heavy atom. The molecule has 0 heterocycles. The normalized spacial score (nSPS) is 10.1. The lowest BCUT2D eigenvalue weighted by Gasteiger charge is -2.08. The molecule has 2 N–H and O–H groups in total. The molecule has 2 aromatic rings. The van der Waals surface area contributed by atoms with Crippen LogP contribution in [0.5, 0.6) is 5.75 Å². The van der Waals surface area contributed by atoms with Crippen LogP contribution in [0.15, 0.2) is 48.5 Å². The molecule has 0 radical (unpaired) electrons. The summed E-state index contributed by atoms with van der Waals surface area (Å²) in [5.74, 6) is 0.210. The molecule has 126 valence electrons. The fraction of sp³-hybridized carbons (Fsp3) is 0.222. The summed E-state index contributed by atoms with van der Waals surface area (Å²) in [6.45, 7) is 0.405. The second kappa shape index (κ2) is 8.93. The third-order valence-electron chi connectivity index (χ3n) is 3.37. The lowest BCUT2D eigenvalue weighted by Crippen LogP contribution is -2.37. The molecule has 6 heteroatoms. The highest BCUT2D eigenvalue weighted by Crippen LogP contribution is 2.12. The van der Waals surface area contributed by atoms with Gasteiger partial charge in [0, 0.05) is 17.1 Å². The lowest BCUT2D eigenvalue weighted by molar-refractivity contribution is -0.120. The minimum Gasteiger partial charge on any atom is -0.497 e. The van der Waals surface area contributed by atoms with Gasteiger partial charge in [0.1, 0.15) is 5.75 Å². The minimum absolute atomic E-state index is 0.0799. The Balaban J connectivity index is 1.72. The van der Waals surface area contributed by atoms with E-state index in [4.69, 9.17) is 16.3 Å². The number of hydrogen-bond donors (Lipinski definition) is 2. The average Bonchev–Trinajstić information content (AvgIpc) is 2.60. The molecule has 5 nitrogen and oxygen atoms in total. The van der Waals surface area contributed by atoms with Gasteiger partial charge in [0.2, 0.25) is 5.91 Å². The molecule has 0 aliphatic heterocycles. The summed E-state index contributed by atoms with van der Waals surface area (Å²) in [4.78, 5) is 23.7. The van der Waals surface area contributed by atoms with Crippen LogP contribution < -0.4 is 15.4 Å². The standard InChI is InChI=1S/C18H19ClN2O3/c1-24-16-7-2-4-13(10-16)8-9-20-17(22)12-21-18(23)14-5-3-6-15(19)11-14/h2-7,10-11H,8-9,12H2,1H3,(H,20,22)(H,21,23). The first-order chi connectivity index (χ1) is 11.6. The van der Waals surface area contributed by atoms with Crippen molar-refractivity contribution in [3.8, 4) is 5.75 Å². The van der Waals surface area contributed by atoms with Crippen LogP contribution in [-0.4, -0.2) is 32.0 Å². The minimum atomic E-state index is -0.333. The van der Waals surface area contributed by atoms with Crippen LogP contribution in [0.3, 0.4) is 0 Å². The van der Waals surface area contributed by atoms with Crippen LogP contribution in [0.4, 0.5) is 0 Å². The number of ether oxygens (including phenoxy) is 1. The van der Waals surface area contributed by atoms with Crippen molar-refractivity contribution in [1.29, 1.82) is 0 Å². The Morgan fingerprint density at radius 3 is 2.62 bits per heavy atom. The predicted molar refractivity (Wildman–Crippen MR) is 93.5 cm³/mol. The monoisotopic (exact) mass is 346 g/mol. The number of halogens is 1. The summed E-state index contributed by atoms with van der Waals surface area (Å²) < 4.78 is 5.15. The van der Waals surface area contributed by atoms with E-state index >= 15 is 0 Å². The third-order valence-corrected chi connectivity index (χ3v) is 3.60. The topological polar surface area (TPSA) is 67.4 Å². The van der Waals surface area contributed by atoms with E-state index in [2.05, 4.69) is 10.6 Å². The number of methoxy groups -OCH3 is 1. The van der Waals surface area contributed by atoms with Gasteiger partial charge in [-0.25, -0.2) is 0 Å². The van der Waals surface area contributed by atoms with Gasteiger partial charge in [0.15, 0.2) is 0 Å². The molecule has 0 bridgehead atoms. The number of carbonyl (C=O) groups is 2. The summed E-state index contributed by atoms with van der Waals surface area (Å²) in [6, 6.07) is 14.2. The number of benzene rings is 2. The van der Waals surface area contributed by atoms with Gasteiger partial charge in [0.25, 0.3) is 5.91 Å². The average molecular weight is 347 g/mol. The molecule has 0 aliphatic carbocycles. The summed E-state index contributed by atoms with van der Waals surface area (Å²) >= 11 is 5.83. The molecule has 0 saturated heterocycles. The second-order valence-electron chi connectivity index (χ2n) is 5.14. The number of hydrogen-bond acceptors (Lipinski definition) is 3. The Hall–Kier alpha value is -2.53. The number of amides is 2. The smallest absolute Gasteiger partial charge is 0.251 e. The van der Waals surface area contributed by atoms with Gasteiger partial charge < -0.3 is 15.4 Å². The molecular formula is C18H19ClN2O3. The Labute approximate surface area is 146 Å². The highest BCUT2D eigenvalue weighted by Gasteiger charge is 2.08. The first-order valence-electron chi connectivity index (χ1n) is 7.52. The maximum absolute atomic E-state index is 11.9. The maximum Gasteiger partial charge on any atom is 0.251 e. The van der Waals surface area contributed by atoms with Crippen molar-refractivity contribution in [2.75, 3.05) is 20.2 Å². The summed E-state index contributed by atoms with van der Waals surface area (Å²) in [5.41, 5.74) is 1.49. The van der Waals surface area contributed by atoms with Crippen molar-refractivity contribution < 1.29 is 14.3 Å². The van der Waals surface area contributed by atoms with E-state index in [1.807, 2.05) is 24.3 Å². The third kappa shape index (κ3) is 5.59. The molecule has 2 aromatic carbocycles. The van der Waals surface area contributed by atoms with Crippen LogP contribution in [0, 0.1) is 0 Å². The number of nitrogens with one attached hydrogen (secondary N) is 2. The van der Waals surface area contributed by atoms with E-state index in [0.717, 1.165) is 11.3 Å². The quantitative estimate of drug-likeness (QED) is 0.809. The van der Waals surface area contributed by atoms with Gasteiger partial charge in [-0.15, -0.1) is 0 Å². The van der Waals surface area contributed by atoms with Crippen molar-refractivity contribution in [2.24, 2.45) is 0 Å². The van der Waals surface area contributed by atoms with Crippen molar-refractivity contribution in [1.82, 2.24) is 10.6 Å². The van der Waals surface area contributed by atoms with E-state index in [-0.39, 0.29) is 18.4 Å². The molecular weight excluding hydrogens is 328 g/mol. The number of rotatable bonds is 7. The van der Waals surface area contributed by atoms with Gasteiger partial charge >= 0.3 is 0 Å². The molecule has 2 rings (SSSR count). The largest absolute Gasteiger partial charge is 0.497 e. The van der Waals surface area contributed by atoms with E-state index < -0.39 is 0 Å². The van der Waals surface area contributed by atoms with Crippen molar-refractivity contribution >= 4 is 23.4 Å². The Kier molecular flexibility index (Phi) is 6.63. The van der Waals surface area contributed by atoms with Crippen LogP contribution in [-0.2, 0) is 11.2 Å². The van der Waals surface area contributed by atoms with E-state index in [9.17, 15) is 9.59 Å². The molecule has 0 aliphatic rings. The van der Waals surface area contributed by atoms with E-state index in [0.29, 0.717) is 23.6 Å². The zero-order valence-electron chi connectivity index (χ0n) is 13.3. The summed E-state index contributed by atoms with van der Waals surface area (Å²) in [6.07, 6.45) is 0.686. The first kappa shape index (κ1) is 17.8. The van der Waals surface area contributed by atoms with E-state index in [1.165, 1.54) is 0 Å². The van der Waals surface area contributed by atoms with Gasteiger partial charge in [0.05, 0.1) is 13.7 Å². The highest BCUT2D eigenvalue weighted by atomic mass is 35.5. The van der Waals surface area contributed by atoms with Crippen molar-refractivity contribution in [2.45, 2.75) is 6.42 Å². The summed E-state index contributed by atoms with van der Waals surface area (Å²) in [7, 11) is 1.61. The highest BCUT2D eigenvalue weighted by molar-refractivity contribution is 6.30. The molecule has 0 atom stereocenters. The van der Waals surface area contributed by atoms with Gasteiger partial charge in [-0.3, -0.25) is 9.59 Å². The molecule has 0 unspecified atom stereocenters. The Morgan fingerprint density at radius 1 is 1.08 bits per heavy atom. The zero-order chi connectivity index (χ0) is 17.4. The van der Waals surface area contributed by atoms with Crippen LogP contribution in [0.25, 0.3) is 0 Å². The predicted octanol–water partition coefficient (Wildman–Crippen LogP) is 2.44. The fourth-order valence-electron chi connectivity index (χ4n) is 2.13. The molecule has 0 aromatic heterocycles. The first-order valence-corrected chi connectivity index (χ1v) is 7.89. The molecule has 2 amide bonds. The molecule has 0 fully saturated rings. The fourth-order valence-corrected chi connectivity index (χ4v) is 2.32. The van der Waals surface area contributed by atoms with E-state index in [1.54, 1.807) is 31.4 Å². The SMILES string of the molecule is COc1cccc(CCNC(=O)CNC(=O)c2cccc(Cl)c2)c1. The maximum atomic E-state index is 11.9. The second-order valence-corrected chi connectivity index (χ2v) is 5.58. The Bertz CT molecular complexity index is 719. The van der Waals surface area contributed by atoms with Crippen LogP contribution in [0.2, 0.25) is 5.02 Å². The summed E-state index contributed by atoms with van der Waals surface area (Å²) in [5, 5.41) is 5.81.